The van der Waals surface area contributed by atoms with E-state index in [0.717, 1.165) is 19.3 Å². The topological polar surface area (TPSA) is 32.3 Å². The van der Waals surface area contributed by atoms with Gasteiger partial charge in [0.05, 0.1) is 5.60 Å². The summed E-state index contributed by atoms with van der Waals surface area (Å²) in [6.07, 6.45) is 4.43. The summed E-state index contributed by atoms with van der Waals surface area (Å²) in [6, 6.07) is 0.265. The zero-order valence-electron chi connectivity index (χ0n) is 9.35. The monoisotopic (exact) mass is 185 g/mol. The average Bonchev–Trinajstić information content (AvgIpc) is 1.91. The van der Waals surface area contributed by atoms with E-state index in [2.05, 4.69) is 26.1 Å². The zero-order valence-corrected chi connectivity index (χ0v) is 9.35. The maximum absolute atomic E-state index is 10.1. The molecule has 0 aliphatic heterocycles. The third-order valence-corrected chi connectivity index (χ3v) is 2.78. The largest absolute Gasteiger partial charge is 0.389 e. The van der Waals surface area contributed by atoms with Gasteiger partial charge in [-0.25, -0.2) is 0 Å². The highest BCUT2D eigenvalue weighted by molar-refractivity contribution is 4.94. The number of nitrogens with one attached hydrogen (secondary N) is 1. The average molecular weight is 185 g/mol. The van der Waals surface area contributed by atoms with Crippen LogP contribution in [0.15, 0.2) is 0 Å². The van der Waals surface area contributed by atoms with Gasteiger partial charge in [0.25, 0.3) is 0 Å². The molecule has 1 rings (SSSR count). The quantitative estimate of drug-likeness (QED) is 0.655. The van der Waals surface area contributed by atoms with E-state index in [1.165, 1.54) is 6.42 Å². The van der Waals surface area contributed by atoms with Gasteiger partial charge in [0.1, 0.15) is 0 Å². The predicted octanol–water partition coefficient (Wildman–Crippen LogP) is 2.07. The molecular weight excluding hydrogens is 162 g/mol. The Bertz CT molecular complexity index is 169. The summed E-state index contributed by atoms with van der Waals surface area (Å²) in [5.74, 6) is 0. The van der Waals surface area contributed by atoms with E-state index in [4.69, 9.17) is 0 Å². The van der Waals surface area contributed by atoms with E-state index >= 15 is 0 Å². The van der Waals surface area contributed by atoms with Crippen molar-refractivity contribution < 1.29 is 5.11 Å². The fourth-order valence-electron chi connectivity index (χ4n) is 2.07. The SMILES string of the molecule is CC(C)(C)N[C@@H]1CCCC[C@@]1(C)O. The van der Waals surface area contributed by atoms with Crippen LogP contribution >= 0.6 is 0 Å². The standard InChI is InChI=1S/C11H23NO/c1-10(2,3)12-9-7-5-6-8-11(9,4)13/h9,12-13H,5-8H2,1-4H3/t9-,11-/m1/s1. The van der Waals surface area contributed by atoms with Crippen LogP contribution in [0.1, 0.15) is 53.4 Å². The fraction of sp³-hybridized carbons (Fsp3) is 1.00. The summed E-state index contributed by atoms with van der Waals surface area (Å²) in [5.41, 5.74) is -0.405. The Morgan fingerprint density at radius 2 is 1.92 bits per heavy atom. The fourth-order valence-corrected chi connectivity index (χ4v) is 2.07. The van der Waals surface area contributed by atoms with Gasteiger partial charge in [0.2, 0.25) is 0 Å². The number of aliphatic hydroxyl groups is 1. The Balaban J connectivity index is 2.56. The Morgan fingerprint density at radius 1 is 1.31 bits per heavy atom. The van der Waals surface area contributed by atoms with E-state index in [1.807, 2.05) is 6.92 Å². The first-order valence-electron chi connectivity index (χ1n) is 5.31. The van der Waals surface area contributed by atoms with Gasteiger partial charge in [0, 0.05) is 11.6 Å². The maximum atomic E-state index is 10.1. The second kappa shape index (κ2) is 3.58. The molecule has 1 aliphatic rings. The predicted molar refractivity (Wildman–Crippen MR) is 55.8 cm³/mol. The van der Waals surface area contributed by atoms with Crippen molar-refractivity contribution >= 4 is 0 Å². The summed E-state index contributed by atoms with van der Waals surface area (Å²) in [6.45, 7) is 8.41. The highest BCUT2D eigenvalue weighted by atomic mass is 16.3. The van der Waals surface area contributed by atoms with Gasteiger partial charge < -0.3 is 10.4 Å². The minimum absolute atomic E-state index is 0.103. The van der Waals surface area contributed by atoms with Crippen molar-refractivity contribution in [3.8, 4) is 0 Å². The lowest BCUT2D eigenvalue weighted by molar-refractivity contribution is -0.0180. The van der Waals surface area contributed by atoms with Crippen LogP contribution in [0.3, 0.4) is 0 Å². The van der Waals surface area contributed by atoms with Crippen molar-refractivity contribution in [1.82, 2.24) is 5.32 Å². The van der Waals surface area contributed by atoms with Gasteiger partial charge in [0.15, 0.2) is 0 Å². The van der Waals surface area contributed by atoms with Crippen LogP contribution in [0.25, 0.3) is 0 Å². The van der Waals surface area contributed by atoms with Crippen LogP contribution in [-0.4, -0.2) is 22.3 Å². The summed E-state index contributed by atoms with van der Waals surface area (Å²) in [7, 11) is 0. The van der Waals surface area contributed by atoms with Crippen LogP contribution in [0.2, 0.25) is 0 Å². The minimum atomic E-state index is -0.508. The molecule has 13 heavy (non-hydrogen) atoms. The molecule has 1 aliphatic carbocycles. The highest BCUT2D eigenvalue weighted by Gasteiger charge is 2.35. The molecule has 2 heteroatoms. The molecule has 2 N–H and O–H groups in total. The van der Waals surface area contributed by atoms with Crippen molar-refractivity contribution in [2.24, 2.45) is 0 Å². The van der Waals surface area contributed by atoms with E-state index in [1.54, 1.807) is 0 Å². The van der Waals surface area contributed by atoms with Gasteiger partial charge in [-0.2, -0.15) is 0 Å². The van der Waals surface area contributed by atoms with E-state index in [0.29, 0.717) is 0 Å². The van der Waals surface area contributed by atoms with E-state index in [-0.39, 0.29) is 11.6 Å². The molecule has 0 radical (unpaired) electrons. The smallest absolute Gasteiger partial charge is 0.0772 e. The molecule has 2 atom stereocenters. The Labute approximate surface area is 81.7 Å². The molecule has 0 aromatic heterocycles. The first-order chi connectivity index (χ1) is 5.81. The minimum Gasteiger partial charge on any atom is -0.389 e. The second-order valence-corrected chi connectivity index (χ2v) is 5.55. The van der Waals surface area contributed by atoms with Crippen molar-refractivity contribution in [3.05, 3.63) is 0 Å². The van der Waals surface area contributed by atoms with Gasteiger partial charge in [-0.3, -0.25) is 0 Å². The number of hydrogen-bond donors (Lipinski definition) is 2. The zero-order chi connectivity index (χ0) is 10.1. The summed E-state index contributed by atoms with van der Waals surface area (Å²) < 4.78 is 0. The third-order valence-electron chi connectivity index (χ3n) is 2.78. The molecule has 2 nitrogen and oxygen atoms in total. The molecule has 0 unspecified atom stereocenters. The second-order valence-electron chi connectivity index (χ2n) is 5.55. The van der Waals surface area contributed by atoms with Crippen LogP contribution in [-0.2, 0) is 0 Å². The molecule has 0 amide bonds. The van der Waals surface area contributed by atoms with Crippen LogP contribution in [0.5, 0.6) is 0 Å². The van der Waals surface area contributed by atoms with Crippen LogP contribution in [0.4, 0.5) is 0 Å². The molecule has 0 aromatic carbocycles. The molecule has 0 spiro atoms. The van der Waals surface area contributed by atoms with E-state index in [9.17, 15) is 5.11 Å². The number of hydrogen-bond acceptors (Lipinski definition) is 2. The molecule has 0 heterocycles. The Morgan fingerprint density at radius 3 is 2.38 bits per heavy atom. The maximum Gasteiger partial charge on any atom is 0.0772 e. The molecule has 1 saturated carbocycles. The van der Waals surface area contributed by atoms with Crippen molar-refractivity contribution in [3.63, 3.8) is 0 Å². The summed E-state index contributed by atoms with van der Waals surface area (Å²) >= 11 is 0. The molecule has 78 valence electrons. The lowest BCUT2D eigenvalue weighted by atomic mass is 9.81. The van der Waals surface area contributed by atoms with Gasteiger partial charge in [-0.1, -0.05) is 12.8 Å². The van der Waals surface area contributed by atoms with E-state index < -0.39 is 5.60 Å². The molecule has 1 fully saturated rings. The molecular formula is C11H23NO. The summed E-state index contributed by atoms with van der Waals surface area (Å²) in [5, 5.41) is 13.6. The molecule has 0 bridgehead atoms. The Kier molecular flexibility index (Phi) is 3.03. The third kappa shape index (κ3) is 3.28. The lowest BCUT2D eigenvalue weighted by Gasteiger charge is -2.41. The van der Waals surface area contributed by atoms with Crippen LogP contribution in [0, 0.1) is 0 Å². The molecule has 0 saturated heterocycles. The van der Waals surface area contributed by atoms with Crippen molar-refractivity contribution in [1.29, 1.82) is 0 Å². The van der Waals surface area contributed by atoms with Gasteiger partial charge in [-0.05, 0) is 40.5 Å². The highest BCUT2D eigenvalue weighted by Crippen LogP contribution is 2.29. The van der Waals surface area contributed by atoms with Gasteiger partial charge >= 0.3 is 0 Å². The number of rotatable bonds is 1. The molecule has 0 aromatic rings. The normalized spacial score (nSPS) is 36.2. The van der Waals surface area contributed by atoms with Crippen LogP contribution < -0.4 is 5.32 Å². The lowest BCUT2D eigenvalue weighted by Crippen LogP contribution is -2.56. The Hall–Kier alpha value is -0.0800. The first kappa shape index (κ1) is 11.0. The van der Waals surface area contributed by atoms with Crippen molar-refractivity contribution in [2.45, 2.75) is 70.6 Å². The summed E-state index contributed by atoms with van der Waals surface area (Å²) in [4.78, 5) is 0. The van der Waals surface area contributed by atoms with Gasteiger partial charge in [-0.15, -0.1) is 0 Å². The first-order valence-corrected chi connectivity index (χ1v) is 5.31. The van der Waals surface area contributed by atoms with Crippen molar-refractivity contribution in [2.75, 3.05) is 0 Å².